The van der Waals surface area contributed by atoms with Crippen LogP contribution in [-0.2, 0) is 9.59 Å². The number of amides is 2. The first-order chi connectivity index (χ1) is 18.4. The first-order valence-corrected chi connectivity index (χ1v) is 13.6. The normalized spacial score (nSPS) is 23.9. The SMILES string of the molecule is CC#C[C@@H](CC(=O)N[C@@]12CCC[C@@H]1N(C(=O)C1CCN(c3ccc(F)cn3)CC1)CC2)c1ccc(O)cc1. The van der Waals surface area contributed by atoms with Crippen LogP contribution in [0.15, 0.2) is 42.6 Å². The molecule has 3 atom stereocenters. The molecule has 1 aliphatic carbocycles. The second kappa shape index (κ2) is 11.0. The summed E-state index contributed by atoms with van der Waals surface area (Å²) in [5.41, 5.74) is 0.531. The highest BCUT2D eigenvalue weighted by atomic mass is 19.1. The third-order valence-electron chi connectivity index (χ3n) is 8.47. The van der Waals surface area contributed by atoms with Gasteiger partial charge in [0.15, 0.2) is 0 Å². The van der Waals surface area contributed by atoms with E-state index in [1.807, 2.05) is 17.0 Å². The van der Waals surface area contributed by atoms with Crippen molar-refractivity contribution in [1.29, 1.82) is 0 Å². The van der Waals surface area contributed by atoms with Crippen molar-refractivity contribution in [2.75, 3.05) is 24.5 Å². The molecule has 1 saturated carbocycles. The second-order valence-corrected chi connectivity index (χ2v) is 10.7. The predicted molar refractivity (Wildman–Crippen MR) is 143 cm³/mol. The Morgan fingerprint density at radius 2 is 1.89 bits per heavy atom. The smallest absolute Gasteiger partial charge is 0.226 e. The zero-order valence-corrected chi connectivity index (χ0v) is 21.8. The molecule has 1 aromatic carbocycles. The van der Waals surface area contributed by atoms with Crippen LogP contribution in [-0.4, -0.2) is 58.0 Å². The molecule has 7 nitrogen and oxygen atoms in total. The molecule has 3 aliphatic rings. The lowest BCUT2D eigenvalue weighted by Crippen LogP contribution is -2.55. The number of phenolic OH excluding ortho intramolecular Hbond substituents is 1. The summed E-state index contributed by atoms with van der Waals surface area (Å²) < 4.78 is 13.2. The summed E-state index contributed by atoms with van der Waals surface area (Å²) >= 11 is 0. The third kappa shape index (κ3) is 5.33. The number of pyridine rings is 1. The average molecular weight is 519 g/mol. The van der Waals surface area contributed by atoms with E-state index < -0.39 is 0 Å². The summed E-state index contributed by atoms with van der Waals surface area (Å²) in [6.07, 6.45) is 6.49. The molecule has 1 aromatic heterocycles. The van der Waals surface area contributed by atoms with Crippen LogP contribution in [0.3, 0.4) is 0 Å². The van der Waals surface area contributed by atoms with Crippen LogP contribution in [0.2, 0.25) is 0 Å². The molecule has 38 heavy (non-hydrogen) atoms. The molecule has 8 heteroatoms. The van der Waals surface area contributed by atoms with Crippen molar-refractivity contribution >= 4 is 17.6 Å². The van der Waals surface area contributed by atoms with Crippen molar-refractivity contribution in [3.05, 3.63) is 54.0 Å². The molecule has 5 rings (SSSR count). The number of carbonyl (C=O) groups is 2. The summed E-state index contributed by atoms with van der Waals surface area (Å²) in [7, 11) is 0. The van der Waals surface area contributed by atoms with E-state index in [9.17, 15) is 19.1 Å². The number of piperidine rings is 1. The lowest BCUT2D eigenvalue weighted by atomic mass is 9.90. The monoisotopic (exact) mass is 518 g/mol. The van der Waals surface area contributed by atoms with Crippen molar-refractivity contribution in [3.8, 4) is 17.6 Å². The summed E-state index contributed by atoms with van der Waals surface area (Å²) in [6, 6.07) is 9.98. The minimum atomic E-state index is -0.370. The van der Waals surface area contributed by atoms with Gasteiger partial charge in [0.2, 0.25) is 11.8 Å². The standard InChI is InChI=1S/C30H35FN4O3/c1-2-4-23(21-6-9-25(36)10-7-21)19-28(37)33-30-14-3-5-26(30)35(18-15-30)29(38)22-12-16-34(17-13-22)27-11-8-24(31)20-32-27/h6-11,20,22-23,26,36H,3,5,12-19H2,1H3,(H,33,37)/t23-,26-,30+/m0/s1. The summed E-state index contributed by atoms with van der Waals surface area (Å²) in [5.74, 6) is 6.49. The number of fused-ring (bicyclic) bond motifs is 1. The van der Waals surface area contributed by atoms with Gasteiger partial charge in [-0.1, -0.05) is 18.1 Å². The van der Waals surface area contributed by atoms with E-state index >= 15 is 0 Å². The summed E-state index contributed by atoms with van der Waals surface area (Å²) in [6.45, 7) is 3.86. The number of aromatic hydroxyl groups is 1. The van der Waals surface area contributed by atoms with Gasteiger partial charge < -0.3 is 20.2 Å². The third-order valence-corrected chi connectivity index (χ3v) is 8.47. The molecule has 200 valence electrons. The number of hydrogen-bond donors (Lipinski definition) is 2. The fourth-order valence-corrected chi connectivity index (χ4v) is 6.54. The van der Waals surface area contributed by atoms with Crippen molar-refractivity contribution in [1.82, 2.24) is 15.2 Å². The zero-order valence-electron chi connectivity index (χ0n) is 21.8. The lowest BCUT2D eigenvalue weighted by molar-refractivity contribution is -0.138. The van der Waals surface area contributed by atoms with Crippen LogP contribution < -0.4 is 10.2 Å². The van der Waals surface area contributed by atoms with Gasteiger partial charge >= 0.3 is 0 Å². The van der Waals surface area contributed by atoms with E-state index in [-0.39, 0.29) is 53.2 Å². The van der Waals surface area contributed by atoms with E-state index in [0.29, 0.717) is 19.6 Å². The van der Waals surface area contributed by atoms with Gasteiger partial charge in [0.1, 0.15) is 17.4 Å². The van der Waals surface area contributed by atoms with Gasteiger partial charge in [0.05, 0.1) is 23.7 Å². The number of nitrogens with zero attached hydrogens (tertiary/aromatic N) is 3. The van der Waals surface area contributed by atoms with Gasteiger partial charge in [-0.15, -0.1) is 5.92 Å². The molecule has 2 saturated heterocycles. The second-order valence-electron chi connectivity index (χ2n) is 10.7. The minimum absolute atomic E-state index is 0.0279. The predicted octanol–water partition coefficient (Wildman–Crippen LogP) is 3.98. The number of benzene rings is 1. The highest BCUT2D eigenvalue weighted by Gasteiger charge is 2.53. The van der Waals surface area contributed by atoms with Gasteiger partial charge in [-0.2, -0.15) is 0 Å². The van der Waals surface area contributed by atoms with Crippen LogP contribution in [0.1, 0.15) is 63.4 Å². The molecule has 0 spiro atoms. The average Bonchev–Trinajstić information content (AvgIpc) is 3.47. The minimum Gasteiger partial charge on any atom is -0.508 e. The molecule has 0 radical (unpaired) electrons. The van der Waals surface area contributed by atoms with Crippen LogP contribution in [0.5, 0.6) is 5.75 Å². The number of likely N-dealkylation sites (tertiary alicyclic amines) is 1. The van der Waals surface area contributed by atoms with Crippen LogP contribution in [0.4, 0.5) is 10.2 Å². The highest BCUT2D eigenvalue weighted by molar-refractivity contribution is 5.82. The van der Waals surface area contributed by atoms with Gasteiger partial charge in [0.25, 0.3) is 0 Å². The van der Waals surface area contributed by atoms with E-state index in [1.165, 1.54) is 12.3 Å². The Balaban J connectivity index is 1.20. The Bertz CT molecular complexity index is 1210. The van der Waals surface area contributed by atoms with Crippen LogP contribution in [0.25, 0.3) is 0 Å². The number of halogens is 1. The summed E-state index contributed by atoms with van der Waals surface area (Å²) in [4.78, 5) is 35.2. The molecule has 3 fully saturated rings. The molecule has 2 aromatic rings. The fraction of sp³-hybridized carbons (Fsp3) is 0.500. The Morgan fingerprint density at radius 3 is 2.58 bits per heavy atom. The number of rotatable bonds is 6. The maximum Gasteiger partial charge on any atom is 0.226 e. The molecular weight excluding hydrogens is 483 g/mol. The van der Waals surface area contributed by atoms with Crippen LogP contribution in [0, 0.1) is 23.6 Å². The topological polar surface area (TPSA) is 85.8 Å². The number of nitrogens with one attached hydrogen (secondary N) is 1. The molecular formula is C30H35FN4O3. The molecule has 2 amide bonds. The maximum atomic E-state index is 13.6. The first kappa shape index (κ1) is 26.0. The number of aromatic nitrogens is 1. The number of phenols is 1. The first-order valence-electron chi connectivity index (χ1n) is 13.6. The van der Waals surface area contributed by atoms with Crippen molar-refractivity contribution < 1.29 is 19.1 Å². The Hall–Kier alpha value is -3.60. The Kier molecular flexibility index (Phi) is 7.55. The number of hydrogen-bond acceptors (Lipinski definition) is 5. The van der Waals surface area contributed by atoms with Gasteiger partial charge in [0, 0.05) is 32.0 Å². The summed E-state index contributed by atoms with van der Waals surface area (Å²) in [5, 5.41) is 13.0. The van der Waals surface area contributed by atoms with E-state index in [2.05, 4.69) is 27.0 Å². The number of anilines is 1. The Morgan fingerprint density at radius 1 is 1.13 bits per heavy atom. The van der Waals surface area contributed by atoms with Crippen molar-refractivity contribution in [3.63, 3.8) is 0 Å². The molecule has 0 unspecified atom stereocenters. The van der Waals surface area contributed by atoms with Crippen molar-refractivity contribution in [2.45, 2.75) is 69.4 Å². The maximum absolute atomic E-state index is 13.6. The lowest BCUT2D eigenvalue weighted by Gasteiger charge is -2.37. The highest BCUT2D eigenvalue weighted by Crippen LogP contribution is 2.43. The van der Waals surface area contributed by atoms with E-state index in [1.54, 1.807) is 25.1 Å². The fourth-order valence-electron chi connectivity index (χ4n) is 6.54. The van der Waals surface area contributed by atoms with Crippen LogP contribution >= 0.6 is 0 Å². The largest absolute Gasteiger partial charge is 0.508 e. The van der Waals surface area contributed by atoms with Gasteiger partial charge in [-0.25, -0.2) is 9.37 Å². The quantitative estimate of drug-likeness (QED) is 0.565. The van der Waals surface area contributed by atoms with Crippen molar-refractivity contribution in [2.24, 2.45) is 5.92 Å². The molecule has 3 heterocycles. The zero-order chi connectivity index (χ0) is 26.7. The van der Waals surface area contributed by atoms with E-state index in [4.69, 9.17) is 0 Å². The van der Waals surface area contributed by atoms with E-state index in [0.717, 1.165) is 49.9 Å². The molecule has 2 N–H and O–H groups in total. The Labute approximate surface area is 223 Å². The molecule has 2 aliphatic heterocycles. The van der Waals surface area contributed by atoms with Gasteiger partial charge in [-0.05, 0) is 75.3 Å². The van der Waals surface area contributed by atoms with Gasteiger partial charge in [-0.3, -0.25) is 9.59 Å². The number of carbonyl (C=O) groups excluding carboxylic acids is 2. The molecule has 0 bridgehead atoms.